The molecule has 114 valence electrons. The molecular formula is C13H13ClIN7. The zero-order valence-electron chi connectivity index (χ0n) is 11.4. The summed E-state index contributed by atoms with van der Waals surface area (Å²) in [5, 5.41) is 19.7. The second-order valence-electron chi connectivity index (χ2n) is 4.51. The Hall–Kier alpha value is -1.81. The molecule has 22 heavy (non-hydrogen) atoms. The first kappa shape index (κ1) is 16.6. The van der Waals surface area contributed by atoms with E-state index in [0.29, 0.717) is 23.7 Å². The molecule has 0 aromatic carbocycles. The van der Waals surface area contributed by atoms with Gasteiger partial charge in [0.05, 0.1) is 13.1 Å². The Morgan fingerprint density at radius 2 is 2.05 bits per heavy atom. The second kappa shape index (κ2) is 7.45. The minimum absolute atomic E-state index is 0. The van der Waals surface area contributed by atoms with Crippen LogP contribution in [0.1, 0.15) is 11.1 Å². The normalized spacial score (nSPS) is 10.2. The minimum atomic E-state index is 0. The smallest absolute Gasteiger partial charge is 0.138 e. The molecule has 0 fully saturated rings. The fourth-order valence-electron chi connectivity index (χ4n) is 1.98. The summed E-state index contributed by atoms with van der Waals surface area (Å²) in [6.07, 6.45) is 5.10. The number of tetrazole rings is 1. The maximum absolute atomic E-state index is 8.28. The molecule has 0 saturated carbocycles. The molecular weight excluding hydrogens is 417 g/mol. The van der Waals surface area contributed by atoms with E-state index in [4.69, 9.17) is 17.0 Å². The van der Waals surface area contributed by atoms with Crippen LogP contribution in [0.5, 0.6) is 0 Å². The molecule has 0 radical (unpaired) electrons. The largest absolute Gasteiger partial charge is 0.329 e. The molecule has 0 spiro atoms. The van der Waals surface area contributed by atoms with Gasteiger partial charge in [0, 0.05) is 18.0 Å². The fourth-order valence-corrected chi connectivity index (χ4v) is 2.10. The van der Waals surface area contributed by atoms with Gasteiger partial charge in [-0.2, -0.15) is 0 Å². The molecule has 3 aromatic heterocycles. The number of pyridine rings is 2. The SMILES string of the molecule is I.N=c1c(Cn2cnnn2)cccn1Cc1ccc(Cl)nc1. The molecule has 0 unspecified atom stereocenters. The van der Waals surface area contributed by atoms with E-state index in [0.717, 1.165) is 11.1 Å². The quantitative estimate of drug-likeness (QED) is 0.505. The Balaban J connectivity index is 0.00000176. The Morgan fingerprint density at radius 1 is 1.18 bits per heavy atom. The second-order valence-corrected chi connectivity index (χ2v) is 4.89. The van der Waals surface area contributed by atoms with Gasteiger partial charge in [0.25, 0.3) is 0 Å². The Kier molecular flexibility index (Phi) is 5.61. The van der Waals surface area contributed by atoms with Gasteiger partial charge in [0.2, 0.25) is 0 Å². The molecule has 1 N–H and O–H groups in total. The van der Waals surface area contributed by atoms with Crippen LogP contribution in [-0.4, -0.2) is 29.8 Å². The van der Waals surface area contributed by atoms with E-state index in [1.54, 1.807) is 16.9 Å². The van der Waals surface area contributed by atoms with Crippen molar-refractivity contribution in [2.45, 2.75) is 13.1 Å². The topological polar surface area (TPSA) is 85.3 Å². The highest BCUT2D eigenvalue weighted by Gasteiger charge is 2.03. The Bertz CT molecular complexity index is 783. The maximum Gasteiger partial charge on any atom is 0.138 e. The van der Waals surface area contributed by atoms with E-state index in [1.807, 2.05) is 29.0 Å². The van der Waals surface area contributed by atoms with Crippen molar-refractivity contribution < 1.29 is 0 Å². The zero-order chi connectivity index (χ0) is 14.7. The highest BCUT2D eigenvalue weighted by Crippen LogP contribution is 2.06. The molecule has 9 heteroatoms. The number of rotatable bonds is 4. The van der Waals surface area contributed by atoms with Gasteiger partial charge in [0.15, 0.2) is 0 Å². The molecule has 7 nitrogen and oxygen atoms in total. The van der Waals surface area contributed by atoms with E-state index in [-0.39, 0.29) is 24.0 Å². The number of hydrogen-bond donors (Lipinski definition) is 1. The predicted octanol–water partition coefficient (Wildman–Crippen LogP) is 1.72. The third-order valence-corrected chi connectivity index (χ3v) is 3.24. The molecule has 0 aliphatic rings. The van der Waals surface area contributed by atoms with Crippen molar-refractivity contribution in [2.75, 3.05) is 0 Å². The van der Waals surface area contributed by atoms with Crippen LogP contribution in [0.15, 0.2) is 43.0 Å². The summed E-state index contributed by atoms with van der Waals surface area (Å²) in [6, 6.07) is 7.43. The lowest BCUT2D eigenvalue weighted by Gasteiger charge is -2.10. The van der Waals surface area contributed by atoms with E-state index in [9.17, 15) is 0 Å². The van der Waals surface area contributed by atoms with Crippen LogP contribution in [0, 0.1) is 5.41 Å². The zero-order valence-corrected chi connectivity index (χ0v) is 14.5. The van der Waals surface area contributed by atoms with Gasteiger partial charge in [-0.1, -0.05) is 23.7 Å². The van der Waals surface area contributed by atoms with Crippen molar-refractivity contribution in [3.8, 4) is 0 Å². The lowest BCUT2D eigenvalue weighted by Crippen LogP contribution is -2.25. The van der Waals surface area contributed by atoms with E-state index in [1.165, 1.54) is 6.33 Å². The highest BCUT2D eigenvalue weighted by atomic mass is 127. The first-order valence-electron chi connectivity index (χ1n) is 6.26. The van der Waals surface area contributed by atoms with Crippen molar-refractivity contribution in [1.29, 1.82) is 5.41 Å². The number of aromatic nitrogens is 6. The molecule has 0 bridgehead atoms. The minimum Gasteiger partial charge on any atom is -0.329 e. The van der Waals surface area contributed by atoms with Crippen molar-refractivity contribution in [3.63, 3.8) is 0 Å². The van der Waals surface area contributed by atoms with Crippen LogP contribution in [0.3, 0.4) is 0 Å². The van der Waals surface area contributed by atoms with E-state index in [2.05, 4.69) is 20.5 Å². The molecule has 0 aliphatic carbocycles. The summed E-state index contributed by atoms with van der Waals surface area (Å²) >= 11 is 5.77. The van der Waals surface area contributed by atoms with E-state index < -0.39 is 0 Å². The van der Waals surface area contributed by atoms with Gasteiger partial charge in [-0.05, 0) is 28.1 Å². The average molecular weight is 430 g/mol. The molecule has 3 rings (SSSR count). The number of halogens is 2. The third-order valence-electron chi connectivity index (χ3n) is 3.02. The standard InChI is InChI=1S/C13H12ClN7.HI/c14-12-4-3-10(6-16-12)7-20-5-1-2-11(13(20)15)8-21-9-17-18-19-21;/h1-6,9,15H,7-8H2;1H. The summed E-state index contributed by atoms with van der Waals surface area (Å²) in [4.78, 5) is 4.05. The van der Waals surface area contributed by atoms with Crippen LogP contribution < -0.4 is 5.49 Å². The molecule has 3 heterocycles. The van der Waals surface area contributed by atoms with Crippen LogP contribution in [0.4, 0.5) is 0 Å². The Morgan fingerprint density at radius 3 is 2.73 bits per heavy atom. The maximum atomic E-state index is 8.28. The van der Waals surface area contributed by atoms with Crippen molar-refractivity contribution >= 4 is 35.6 Å². The summed E-state index contributed by atoms with van der Waals surface area (Å²) in [5.74, 6) is 0. The summed E-state index contributed by atoms with van der Waals surface area (Å²) in [5.41, 5.74) is 2.24. The lowest BCUT2D eigenvalue weighted by molar-refractivity contribution is 0.625. The third kappa shape index (κ3) is 3.89. The number of nitrogens with one attached hydrogen (secondary N) is 1. The van der Waals surface area contributed by atoms with Gasteiger partial charge in [-0.3, -0.25) is 5.41 Å². The van der Waals surface area contributed by atoms with Crippen LogP contribution in [0.25, 0.3) is 0 Å². The van der Waals surface area contributed by atoms with Crippen molar-refractivity contribution in [3.05, 3.63) is 64.8 Å². The average Bonchev–Trinajstić information content (AvgIpc) is 2.99. The summed E-state index contributed by atoms with van der Waals surface area (Å²) in [7, 11) is 0. The van der Waals surface area contributed by atoms with Crippen LogP contribution in [0.2, 0.25) is 5.15 Å². The van der Waals surface area contributed by atoms with Gasteiger partial charge in [0.1, 0.15) is 17.0 Å². The Labute approximate surface area is 148 Å². The molecule has 0 aliphatic heterocycles. The first-order chi connectivity index (χ1) is 10.2. The summed E-state index contributed by atoms with van der Waals surface area (Å²) < 4.78 is 3.42. The van der Waals surface area contributed by atoms with Crippen LogP contribution in [-0.2, 0) is 13.1 Å². The van der Waals surface area contributed by atoms with Gasteiger partial charge < -0.3 is 4.57 Å². The van der Waals surface area contributed by atoms with Gasteiger partial charge >= 0.3 is 0 Å². The first-order valence-corrected chi connectivity index (χ1v) is 6.64. The van der Waals surface area contributed by atoms with Crippen LogP contribution >= 0.6 is 35.6 Å². The highest BCUT2D eigenvalue weighted by molar-refractivity contribution is 14.0. The number of hydrogen-bond acceptors (Lipinski definition) is 5. The van der Waals surface area contributed by atoms with E-state index >= 15 is 0 Å². The monoisotopic (exact) mass is 429 g/mol. The predicted molar refractivity (Wildman–Crippen MR) is 91.0 cm³/mol. The molecule has 3 aromatic rings. The molecule has 0 saturated heterocycles. The fraction of sp³-hybridized carbons (Fsp3) is 0.154. The molecule has 0 atom stereocenters. The summed E-state index contributed by atoms with van der Waals surface area (Å²) in [6.45, 7) is 1.03. The van der Waals surface area contributed by atoms with Crippen molar-refractivity contribution in [2.24, 2.45) is 0 Å². The van der Waals surface area contributed by atoms with Gasteiger partial charge in [-0.25, -0.2) is 9.67 Å². The number of nitrogens with zero attached hydrogens (tertiary/aromatic N) is 6. The van der Waals surface area contributed by atoms with Gasteiger partial charge in [-0.15, -0.1) is 29.1 Å². The lowest BCUT2D eigenvalue weighted by atomic mass is 10.2. The molecule has 0 amide bonds. The van der Waals surface area contributed by atoms with Crippen molar-refractivity contribution in [1.82, 2.24) is 29.8 Å².